The van der Waals surface area contributed by atoms with Gasteiger partial charge in [0.25, 0.3) is 20.3 Å². The fraction of sp³-hybridized carbons (Fsp3) is 0.649. The van der Waals surface area contributed by atoms with Crippen LogP contribution in [0, 0.1) is 34.5 Å². The Bertz CT molecular complexity index is 3610. The Hall–Kier alpha value is -5.69. The van der Waals surface area contributed by atoms with Crippen LogP contribution in [-0.2, 0) is 31.9 Å². The van der Waals surface area contributed by atoms with Gasteiger partial charge in [0.2, 0.25) is 0 Å². The van der Waals surface area contributed by atoms with Crippen molar-refractivity contribution >= 4 is 79.4 Å². The number of benzene rings is 2. The van der Waals surface area contributed by atoms with Gasteiger partial charge in [-0.15, -0.1) is 0 Å². The summed E-state index contributed by atoms with van der Waals surface area (Å²) in [5.41, 5.74) is 3.01. The van der Waals surface area contributed by atoms with Gasteiger partial charge in [-0.2, -0.15) is 10.5 Å². The Labute approximate surface area is 620 Å². The number of ether oxygens (including phenoxy) is 2. The average Bonchev–Trinajstić information content (AvgIpc) is 1.63. The molecule has 6 aromatic rings. The molecule has 2 saturated heterocycles. The van der Waals surface area contributed by atoms with E-state index >= 15 is 0 Å². The molecule has 2 fully saturated rings. The Kier molecular flexibility index (Phi) is 34.6. The molecule has 4 aromatic heterocycles. The van der Waals surface area contributed by atoms with Crippen LogP contribution < -0.4 is 10.6 Å². The summed E-state index contributed by atoms with van der Waals surface area (Å²) in [4.78, 5) is 52.4. The highest BCUT2D eigenvalue weighted by Crippen LogP contribution is 2.52. The normalized spacial score (nSPS) is 19.8. The van der Waals surface area contributed by atoms with Crippen LogP contribution in [0.4, 0.5) is 11.6 Å². The number of nitrogens with one attached hydrogen (secondary N) is 2. The highest BCUT2D eigenvalue weighted by atomic mass is 31.2. The van der Waals surface area contributed by atoms with Crippen LogP contribution in [-0.4, -0.2) is 174 Å². The number of hydrogen-bond acceptors (Lipinski definition) is 21. The third kappa shape index (κ3) is 22.9. The molecule has 2 aliphatic rings. The number of carbonyl (C=O) groups is 2. The van der Waals surface area contributed by atoms with E-state index in [-0.39, 0.29) is 105 Å². The van der Waals surface area contributed by atoms with Crippen LogP contribution in [0.25, 0.3) is 22.3 Å². The first-order valence-corrected chi connectivity index (χ1v) is 43.5. The first kappa shape index (κ1) is 89.7. The summed E-state index contributed by atoms with van der Waals surface area (Å²) in [6.07, 6.45) is 4.50. The molecule has 0 saturated carbocycles. The number of hydrogen-bond donors (Lipinski definition) is 3. The number of aliphatic hydroxyl groups excluding tert-OH is 1. The predicted molar refractivity (Wildman–Crippen MR) is 419 cm³/mol. The van der Waals surface area contributed by atoms with E-state index in [1.165, 1.54) is 12.7 Å². The van der Waals surface area contributed by atoms with Crippen molar-refractivity contribution in [1.82, 2.24) is 53.0 Å². The largest absolute Gasteiger partial charge is 0.409 e. The Morgan fingerprint density at radius 2 is 0.922 bits per heavy atom. The zero-order chi connectivity index (χ0) is 75.1. The lowest BCUT2D eigenvalue weighted by atomic mass is 10.0. The van der Waals surface area contributed by atoms with Crippen molar-refractivity contribution in [3.63, 3.8) is 0 Å². The number of aliphatic hydroxyl groups is 1. The molecular formula is C74H123N15O10P2Si2. The summed E-state index contributed by atoms with van der Waals surface area (Å²) in [6, 6.07) is 24.3. The fourth-order valence-corrected chi connectivity index (χ4v) is 18.3. The molecule has 8 rings (SSSR count). The second kappa shape index (κ2) is 39.8. The van der Waals surface area contributed by atoms with E-state index in [0.29, 0.717) is 88.9 Å². The molecule has 0 spiro atoms. The van der Waals surface area contributed by atoms with E-state index in [2.05, 4.69) is 224 Å². The summed E-state index contributed by atoms with van der Waals surface area (Å²) < 4.78 is 56.5. The molecular weight excluding hydrogens is 1380 g/mol. The lowest BCUT2D eigenvalue weighted by Crippen LogP contribution is -2.46. The lowest BCUT2D eigenvalue weighted by Gasteiger charge is -2.45. The van der Waals surface area contributed by atoms with Crippen LogP contribution in [0.3, 0.4) is 0 Å². The van der Waals surface area contributed by atoms with Gasteiger partial charge < -0.3 is 47.6 Å². The monoisotopic (exact) mass is 1500 g/mol. The highest BCUT2D eigenvalue weighted by molar-refractivity contribution is 7.47. The third-order valence-electron chi connectivity index (χ3n) is 18.8. The van der Waals surface area contributed by atoms with Gasteiger partial charge >= 0.3 is 0 Å². The minimum absolute atomic E-state index is 0. The summed E-state index contributed by atoms with van der Waals surface area (Å²) in [7, 11) is -6.66. The van der Waals surface area contributed by atoms with E-state index in [4.69, 9.17) is 42.4 Å². The van der Waals surface area contributed by atoms with Gasteiger partial charge in [0.15, 0.2) is 71.5 Å². The molecule has 25 nitrogen and oxygen atoms in total. The van der Waals surface area contributed by atoms with Crippen LogP contribution in [0.2, 0.25) is 36.3 Å². The van der Waals surface area contributed by atoms with Crippen molar-refractivity contribution in [1.29, 1.82) is 10.5 Å². The fourth-order valence-electron chi connectivity index (χ4n) is 11.6. The SMILES string of the molecule is C.C.CC(C)N(C(C)C)P(OCCC#N)N(C(C)C)C(C)C.CC(C)N(C(C)C)P(OCCC#N)OC[C@H]1O[C@@H](n2cnc3c(NC(=O)c4ccccc4)ncnc32)[C@H](O[Si](C)(C)C(C)(C)C)[C@@H]1C.C[C@H]1[C@@H](O[Si](C)(C)C(C)(C)C)[C@H](n2cnc3c(NC(=O)c4ccccc4)ncnc32)O[C@@H]1CO. The topological polar surface area (TPSA) is 288 Å². The van der Waals surface area contributed by atoms with Gasteiger partial charge in [0.05, 0.1) is 88.5 Å². The van der Waals surface area contributed by atoms with Crippen molar-refractivity contribution in [2.24, 2.45) is 11.8 Å². The molecule has 0 aliphatic carbocycles. The van der Waals surface area contributed by atoms with E-state index in [0.717, 1.165) is 0 Å². The van der Waals surface area contributed by atoms with Crippen molar-refractivity contribution < 1.29 is 46.6 Å². The summed E-state index contributed by atoms with van der Waals surface area (Å²) in [6.45, 7) is 53.4. The van der Waals surface area contributed by atoms with E-state index in [9.17, 15) is 14.7 Å². The van der Waals surface area contributed by atoms with Crippen molar-refractivity contribution in [2.75, 3.05) is 37.1 Å². The number of aromatic nitrogens is 8. The molecule has 3 N–H and O–H groups in total. The molecule has 6 heterocycles. The summed E-state index contributed by atoms with van der Waals surface area (Å²) in [5, 5.41) is 33.5. The molecule has 0 bridgehead atoms. The molecule has 572 valence electrons. The van der Waals surface area contributed by atoms with Crippen molar-refractivity contribution in [3.05, 3.63) is 97.1 Å². The number of fused-ring (bicyclic) bond motifs is 2. The maximum atomic E-state index is 13.0. The number of rotatable bonds is 29. The maximum absolute atomic E-state index is 13.0. The van der Waals surface area contributed by atoms with Crippen LogP contribution in [0.15, 0.2) is 86.0 Å². The highest BCUT2D eigenvalue weighted by Gasteiger charge is 2.52. The van der Waals surface area contributed by atoms with Gasteiger partial charge in [-0.3, -0.25) is 18.7 Å². The quantitative estimate of drug-likeness (QED) is 0.0223. The first-order valence-electron chi connectivity index (χ1n) is 35.4. The number of amides is 2. The molecule has 2 aromatic carbocycles. The van der Waals surface area contributed by atoms with Crippen molar-refractivity contribution in [3.8, 4) is 12.1 Å². The lowest BCUT2D eigenvalue weighted by molar-refractivity contribution is -0.0467. The molecule has 0 radical (unpaired) electrons. The molecule has 103 heavy (non-hydrogen) atoms. The molecule has 9 atom stereocenters. The number of anilines is 2. The number of imidazole rings is 2. The minimum Gasteiger partial charge on any atom is -0.409 e. The Morgan fingerprint density at radius 1 is 0.563 bits per heavy atom. The Morgan fingerprint density at radius 3 is 1.27 bits per heavy atom. The second-order valence-corrected chi connectivity index (χ2v) is 43.1. The molecule has 2 aliphatic heterocycles. The third-order valence-corrected chi connectivity index (χ3v) is 32.9. The standard InChI is InChI=1S/C33H50N7O5PSi.C24H33N5O4Si.C15H32N3OP.2CH4/c1-22(2)40(23(3)4)46(42-18-14-17-34)43-19-26-24(5)28(45-47(9,10)33(6,7)8)32(44-26)39-21-37-27-29(35-20-36-30(27)39)38-31(41)25-15-12-11-13-16-25;1-15-17(12-30)32-23(19(15)33-34(5,6)24(2,3)4)29-14-27-18-20(25-13-26-21(18)29)28-22(31)16-10-8-7-9-11-16;1-12(2)17(13(3)4)20(19-11-9-10-16)18(14(5)6)15(7)8;;/h11-13,15-16,20-24,26,28,32H,14,18-19H2,1-10H3,(H,35,36,38,41);7-11,13-15,17,19,23,30H,12H2,1-6H3,(H,25,26,28,31);12-15H,9,11H2,1-8H3;2*1H4/t24-,26-,28-,32-,46?;15-,17-,19-,23-;;;/m11.../s1. The number of nitriles is 2. The van der Waals surface area contributed by atoms with E-state index in [1.807, 2.05) is 40.3 Å². The molecule has 1 unspecified atom stereocenters. The van der Waals surface area contributed by atoms with Gasteiger partial charge in [-0.25, -0.2) is 43.9 Å². The zero-order valence-corrected chi connectivity index (χ0v) is 68.0. The van der Waals surface area contributed by atoms with E-state index in [1.54, 1.807) is 49.1 Å². The van der Waals surface area contributed by atoms with Gasteiger partial charge in [-0.1, -0.05) is 107 Å². The van der Waals surface area contributed by atoms with Crippen LogP contribution in [0.1, 0.15) is 199 Å². The van der Waals surface area contributed by atoms with E-state index < -0.39 is 46.1 Å². The summed E-state index contributed by atoms with van der Waals surface area (Å²) >= 11 is 0. The van der Waals surface area contributed by atoms with Gasteiger partial charge in [-0.05, 0) is 144 Å². The van der Waals surface area contributed by atoms with Crippen molar-refractivity contribution in [2.45, 2.75) is 276 Å². The van der Waals surface area contributed by atoms with Crippen LogP contribution in [0.5, 0.6) is 0 Å². The smallest absolute Gasteiger partial charge is 0.259 e. The minimum atomic E-state index is -2.25. The predicted octanol–water partition coefficient (Wildman–Crippen LogP) is 16.9. The zero-order valence-electron chi connectivity index (χ0n) is 64.2. The average molecular weight is 1500 g/mol. The van der Waals surface area contributed by atoms with Crippen LogP contribution >= 0.6 is 17.0 Å². The Balaban J connectivity index is 0.000000351. The molecule has 2 amide bonds. The number of nitrogens with zero attached hydrogens (tertiary/aromatic N) is 13. The number of carbonyl (C=O) groups excluding carboxylic acids is 2. The summed E-state index contributed by atoms with van der Waals surface area (Å²) in [5.74, 6) is 0.00372. The first-order chi connectivity index (χ1) is 47.4. The molecule has 29 heteroatoms. The maximum Gasteiger partial charge on any atom is 0.259 e. The van der Waals surface area contributed by atoms with Gasteiger partial charge in [0.1, 0.15) is 12.7 Å². The second-order valence-electron chi connectivity index (χ2n) is 30.4. The van der Waals surface area contributed by atoms with Gasteiger partial charge in [0, 0.05) is 59.2 Å².